The zero-order valence-electron chi connectivity index (χ0n) is 15.2. The molecule has 0 spiro atoms. The van der Waals surface area contributed by atoms with Gasteiger partial charge < -0.3 is 15.0 Å². The van der Waals surface area contributed by atoms with Gasteiger partial charge in [0.25, 0.3) is 5.91 Å². The number of pyridine rings is 1. The number of hydrogen-bond donors (Lipinski definition) is 1. The topological polar surface area (TPSA) is 54.5 Å². The average Bonchev–Trinajstić information content (AvgIpc) is 3.36. The molecular weight excluding hydrogens is 381 g/mol. The lowest BCUT2D eigenvalue weighted by molar-refractivity contribution is -0.138. The van der Waals surface area contributed by atoms with Crippen molar-refractivity contribution in [1.29, 1.82) is 0 Å². The molecule has 1 aliphatic carbocycles. The summed E-state index contributed by atoms with van der Waals surface area (Å²) < 4.78 is 21.2. The first kappa shape index (κ1) is 17.6. The number of nitrogens with zero attached hydrogens (tertiary/aromatic N) is 2. The third-order valence-corrected chi connectivity index (χ3v) is 5.83. The number of rotatable bonds is 2. The molecular formula is C21H19ClFN3O2. The van der Waals surface area contributed by atoms with E-state index in [4.69, 9.17) is 16.3 Å². The van der Waals surface area contributed by atoms with Crippen molar-refractivity contribution in [1.82, 2.24) is 15.2 Å². The van der Waals surface area contributed by atoms with E-state index < -0.39 is 11.9 Å². The van der Waals surface area contributed by atoms with Gasteiger partial charge in [-0.1, -0.05) is 23.8 Å². The first-order valence-corrected chi connectivity index (χ1v) is 9.83. The Kier molecular flexibility index (Phi) is 4.33. The zero-order valence-corrected chi connectivity index (χ0v) is 15.9. The van der Waals surface area contributed by atoms with Gasteiger partial charge in [0.1, 0.15) is 5.75 Å². The summed E-state index contributed by atoms with van der Waals surface area (Å²) >= 11 is 6.21. The van der Waals surface area contributed by atoms with Crippen LogP contribution in [0.5, 0.6) is 5.75 Å². The summed E-state index contributed by atoms with van der Waals surface area (Å²) in [5.74, 6) is -0.159. The van der Waals surface area contributed by atoms with Crippen LogP contribution >= 0.6 is 11.6 Å². The Hall–Kier alpha value is -2.44. The van der Waals surface area contributed by atoms with Crippen LogP contribution in [0.2, 0.25) is 5.02 Å². The summed E-state index contributed by atoms with van der Waals surface area (Å²) in [7, 11) is 0. The van der Waals surface area contributed by atoms with Crippen molar-refractivity contribution >= 4 is 23.6 Å². The second-order valence-corrected chi connectivity index (χ2v) is 7.65. The van der Waals surface area contributed by atoms with E-state index in [9.17, 15) is 4.79 Å². The Morgan fingerprint density at radius 1 is 1.36 bits per heavy atom. The number of amides is 1. The molecule has 2 aromatic rings. The van der Waals surface area contributed by atoms with Crippen LogP contribution in [0.3, 0.4) is 0 Å². The molecule has 2 aliphatic heterocycles. The maximum Gasteiger partial charge on any atom is 0.264 e. The Morgan fingerprint density at radius 3 is 3.00 bits per heavy atom. The molecule has 1 atom stereocenters. The molecule has 1 amide bonds. The first-order chi connectivity index (χ1) is 13.6. The quantitative estimate of drug-likeness (QED) is 0.843. The van der Waals surface area contributed by atoms with Crippen LogP contribution in [0.15, 0.2) is 24.4 Å². The molecule has 1 aromatic heterocycles. The number of nitrogens with one attached hydrogen (secondary N) is 1. The third kappa shape index (κ3) is 2.79. The van der Waals surface area contributed by atoms with Crippen LogP contribution < -0.4 is 10.1 Å². The minimum absolute atomic E-state index is 0.0418. The fourth-order valence-electron chi connectivity index (χ4n) is 4.17. The number of benzene rings is 1. The van der Waals surface area contributed by atoms with Gasteiger partial charge in [-0.25, -0.2) is 4.39 Å². The second kappa shape index (κ2) is 6.87. The fourth-order valence-corrected chi connectivity index (χ4v) is 4.40. The van der Waals surface area contributed by atoms with Gasteiger partial charge in [0.2, 0.25) is 0 Å². The Balaban J connectivity index is 1.55. The van der Waals surface area contributed by atoms with E-state index in [2.05, 4.69) is 10.3 Å². The largest absolute Gasteiger partial charge is 0.479 e. The smallest absolute Gasteiger partial charge is 0.264 e. The van der Waals surface area contributed by atoms with Gasteiger partial charge in [-0.3, -0.25) is 9.78 Å². The number of ether oxygens (including phenoxy) is 1. The molecule has 0 radical (unpaired) electrons. The van der Waals surface area contributed by atoms with Gasteiger partial charge in [0.15, 0.2) is 11.9 Å². The highest BCUT2D eigenvalue weighted by Crippen LogP contribution is 2.45. The van der Waals surface area contributed by atoms with Crippen LogP contribution in [-0.4, -0.2) is 48.1 Å². The Morgan fingerprint density at radius 2 is 2.18 bits per heavy atom. The van der Waals surface area contributed by atoms with Crippen LogP contribution in [0.1, 0.15) is 16.8 Å². The monoisotopic (exact) mass is 399 g/mol. The van der Waals surface area contributed by atoms with Crippen molar-refractivity contribution < 1.29 is 13.9 Å². The molecule has 7 heteroatoms. The summed E-state index contributed by atoms with van der Waals surface area (Å²) in [5.41, 5.74) is 3.57. The maximum absolute atomic E-state index is 15.1. The van der Waals surface area contributed by atoms with Gasteiger partial charge >= 0.3 is 0 Å². The van der Waals surface area contributed by atoms with Crippen molar-refractivity contribution in [3.05, 3.63) is 52.1 Å². The van der Waals surface area contributed by atoms with Crippen molar-refractivity contribution in [2.24, 2.45) is 0 Å². The van der Waals surface area contributed by atoms with E-state index in [0.717, 1.165) is 36.3 Å². The molecule has 144 valence electrons. The minimum atomic E-state index is -0.643. The normalized spacial score (nSPS) is 20.1. The predicted octanol–water partition coefficient (Wildman–Crippen LogP) is 2.85. The molecule has 0 bridgehead atoms. The first-order valence-electron chi connectivity index (χ1n) is 9.45. The van der Waals surface area contributed by atoms with Gasteiger partial charge in [0, 0.05) is 56.3 Å². The summed E-state index contributed by atoms with van der Waals surface area (Å²) in [4.78, 5) is 19.1. The van der Waals surface area contributed by atoms with Gasteiger partial charge in [-0.05, 0) is 17.7 Å². The molecule has 3 heterocycles. The van der Waals surface area contributed by atoms with E-state index in [0.29, 0.717) is 36.4 Å². The minimum Gasteiger partial charge on any atom is -0.479 e. The number of carbonyl (C=O) groups excluding carboxylic acids is 1. The highest BCUT2D eigenvalue weighted by Gasteiger charge is 2.36. The van der Waals surface area contributed by atoms with Crippen LogP contribution in [-0.2, 0) is 17.6 Å². The van der Waals surface area contributed by atoms with Crippen molar-refractivity contribution in [2.45, 2.75) is 18.9 Å². The van der Waals surface area contributed by atoms with E-state index in [1.807, 2.05) is 12.2 Å². The van der Waals surface area contributed by atoms with Gasteiger partial charge in [0.05, 0.1) is 16.3 Å². The molecule has 0 saturated carbocycles. The van der Waals surface area contributed by atoms with Crippen LogP contribution in [0.4, 0.5) is 4.39 Å². The summed E-state index contributed by atoms with van der Waals surface area (Å²) in [5, 5.41) is 3.27. The van der Waals surface area contributed by atoms with E-state index in [-0.39, 0.29) is 10.9 Å². The lowest BCUT2D eigenvalue weighted by atomic mass is 9.96. The lowest BCUT2D eigenvalue weighted by Crippen LogP contribution is -2.50. The zero-order chi connectivity index (χ0) is 19.3. The molecule has 1 unspecified atom stereocenters. The summed E-state index contributed by atoms with van der Waals surface area (Å²) in [6.45, 7) is 2.85. The number of piperazine rings is 1. The summed E-state index contributed by atoms with van der Waals surface area (Å²) in [6, 6.07) is 3.36. The molecule has 1 fully saturated rings. The fraction of sp³-hybridized carbons (Fsp3) is 0.333. The lowest BCUT2D eigenvalue weighted by Gasteiger charge is -2.29. The average molecular weight is 400 g/mol. The molecule has 28 heavy (non-hydrogen) atoms. The van der Waals surface area contributed by atoms with E-state index in [1.165, 1.54) is 0 Å². The van der Waals surface area contributed by atoms with Crippen molar-refractivity contribution in [3.8, 4) is 16.9 Å². The van der Waals surface area contributed by atoms with E-state index in [1.54, 1.807) is 23.2 Å². The van der Waals surface area contributed by atoms with Gasteiger partial charge in [-0.2, -0.15) is 0 Å². The highest BCUT2D eigenvalue weighted by molar-refractivity contribution is 6.31. The second-order valence-electron chi connectivity index (χ2n) is 7.25. The number of fused-ring (bicyclic) bond motifs is 2. The Bertz CT molecular complexity index is 1000. The van der Waals surface area contributed by atoms with Crippen LogP contribution in [0.25, 0.3) is 17.2 Å². The molecule has 1 N–H and O–H groups in total. The molecule has 1 aromatic carbocycles. The standard InChI is InChI=1S/C21H19ClFN3O2/c22-15-10-12-11-17(21(27)26-8-6-24-7-9-26)28-20(12)18(19(15)23)14-4-5-25-16-3-1-2-13(14)16/h1-2,4-5,10,17,24H,3,6-9,11H2. The number of hydrogen-bond acceptors (Lipinski definition) is 4. The Labute approximate surface area is 167 Å². The number of aromatic nitrogens is 1. The molecule has 5 rings (SSSR count). The SMILES string of the molecule is O=C(C1Cc2cc(Cl)c(F)c(-c3ccnc4c3C=CC4)c2O1)N1CCNCC1. The predicted molar refractivity (Wildman–Crippen MR) is 105 cm³/mol. The van der Waals surface area contributed by atoms with Crippen molar-refractivity contribution in [2.75, 3.05) is 26.2 Å². The number of carbonyl (C=O) groups is 1. The van der Waals surface area contributed by atoms with Crippen LogP contribution in [0, 0.1) is 5.82 Å². The number of allylic oxidation sites excluding steroid dienone is 1. The summed E-state index contributed by atoms with van der Waals surface area (Å²) in [6.07, 6.45) is 6.10. The molecule has 5 nitrogen and oxygen atoms in total. The number of halogens is 2. The van der Waals surface area contributed by atoms with Crippen molar-refractivity contribution in [3.63, 3.8) is 0 Å². The van der Waals surface area contributed by atoms with E-state index >= 15 is 4.39 Å². The van der Waals surface area contributed by atoms with Gasteiger partial charge in [-0.15, -0.1) is 0 Å². The maximum atomic E-state index is 15.1. The molecule has 1 saturated heterocycles. The molecule has 3 aliphatic rings. The highest BCUT2D eigenvalue weighted by atomic mass is 35.5. The third-order valence-electron chi connectivity index (χ3n) is 5.56.